The van der Waals surface area contributed by atoms with Crippen molar-refractivity contribution in [1.82, 2.24) is 0 Å². The Morgan fingerprint density at radius 3 is 2.54 bits per heavy atom. The van der Waals surface area contributed by atoms with Crippen molar-refractivity contribution in [3.8, 4) is 0 Å². The van der Waals surface area contributed by atoms with Gasteiger partial charge in [0.1, 0.15) is 12.0 Å². The summed E-state index contributed by atoms with van der Waals surface area (Å²) in [6, 6.07) is 5.71. The van der Waals surface area contributed by atoms with E-state index < -0.39 is 0 Å². The highest BCUT2D eigenvalue weighted by Gasteiger charge is 2.18. The van der Waals surface area contributed by atoms with Crippen molar-refractivity contribution >= 4 is 29.7 Å². The molecule has 0 amide bonds. The van der Waals surface area contributed by atoms with Gasteiger partial charge in [-0.1, -0.05) is 42.8 Å². The standard InChI is InChI=1S/C18H19ClO2.C2H6O/c1-13-6-3-4-8-15(13)18(21-2)16-10-9-14(7-5-11-20)12-17(16)19;1-3-2/h4-5,7-13H,3,6H2,1-2H3;1-2H3/b7-5+,18-15+;. The molecular formula is C20H25ClO3. The van der Waals surface area contributed by atoms with E-state index >= 15 is 0 Å². The molecule has 1 unspecified atom stereocenters. The van der Waals surface area contributed by atoms with E-state index in [1.54, 1.807) is 27.4 Å². The minimum Gasteiger partial charge on any atom is -0.496 e. The Labute approximate surface area is 149 Å². The number of ether oxygens (including phenoxy) is 2. The van der Waals surface area contributed by atoms with Crippen LogP contribution in [0.3, 0.4) is 0 Å². The summed E-state index contributed by atoms with van der Waals surface area (Å²) in [5.74, 6) is 1.28. The topological polar surface area (TPSA) is 35.5 Å². The van der Waals surface area contributed by atoms with Crippen LogP contribution in [0.5, 0.6) is 0 Å². The van der Waals surface area contributed by atoms with Gasteiger partial charge in [0.05, 0.1) is 12.1 Å². The lowest BCUT2D eigenvalue weighted by Crippen LogP contribution is -2.06. The van der Waals surface area contributed by atoms with Crippen molar-refractivity contribution in [2.24, 2.45) is 5.92 Å². The van der Waals surface area contributed by atoms with E-state index in [4.69, 9.17) is 16.3 Å². The Kier molecular flexibility index (Phi) is 9.13. The Morgan fingerprint density at radius 1 is 1.29 bits per heavy atom. The van der Waals surface area contributed by atoms with Crippen molar-refractivity contribution < 1.29 is 14.3 Å². The molecule has 130 valence electrons. The fourth-order valence-corrected chi connectivity index (χ4v) is 2.80. The number of allylic oxidation sites excluding steroid dienone is 4. The summed E-state index contributed by atoms with van der Waals surface area (Å²) in [6.45, 7) is 2.20. The van der Waals surface area contributed by atoms with E-state index in [0.29, 0.717) is 10.9 Å². The molecule has 4 heteroatoms. The molecular weight excluding hydrogens is 324 g/mol. The molecule has 0 N–H and O–H groups in total. The summed E-state index contributed by atoms with van der Waals surface area (Å²) in [5, 5.41) is 0.624. The van der Waals surface area contributed by atoms with Crippen molar-refractivity contribution in [2.75, 3.05) is 21.3 Å². The SMILES string of the molecule is CO/C(=C1\C=CCCC1C)c1ccc(/C=C/C=O)cc1Cl.COC. The highest BCUT2D eigenvalue weighted by atomic mass is 35.5. The minimum absolute atomic E-state index is 0.454. The first-order valence-corrected chi connectivity index (χ1v) is 8.23. The number of halogens is 1. The lowest BCUT2D eigenvalue weighted by molar-refractivity contribution is -0.104. The number of carbonyl (C=O) groups is 1. The van der Waals surface area contributed by atoms with Crippen LogP contribution in [0.15, 0.2) is 42.0 Å². The molecule has 0 saturated carbocycles. The Balaban J connectivity index is 0.000000891. The number of carbonyl (C=O) groups excluding carboxylic acids is 1. The smallest absolute Gasteiger partial charge is 0.142 e. The lowest BCUT2D eigenvalue weighted by Gasteiger charge is -2.21. The molecule has 0 saturated heterocycles. The molecule has 0 heterocycles. The van der Waals surface area contributed by atoms with Gasteiger partial charge in [0, 0.05) is 19.8 Å². The maximum atomic E-state index is 10.4. The van der Waals surface area contributed by atoms with E-state index in [0.717, 1.165) is 36.0 Å². The third-order valence-corrected chi connectivity index (χ3v) is 3.98. The van der Waals surface area contributed by atoms with E-state index in [2.05, 4.69) is 23.8 Å². The Bertz CT molecular complexity index is 630. The van der Waals surface area contributed by atoms with Crippen LogP contribution in [0, 0.1) is 5.92 Å². The first-order valence-electron chi connectivity index (χ1n) is 7.85. The van der Waals surface area contributed by atoms with Crippen molar-refractivity contribution in [3.63, 3.8) is 0 Å². The number of aldehydes is 1. The van der Waals surface area contributed by atoms with E-state index in [9.17, 15) is 4.79 Å². The molecule has 1 aromatic carbocycles. The van der Waals surface area contributed by atoms with Crippen LogP contribution in [-0.2, 0) is 14.3 Å². The van der Waals surface area contributed by atoms with Crippen LogP contribution in [0.4, 0.5) is 0 Å². The average Bonchev–Trinajstić information content (AvgIpc) is 2.57. The molecule has 0 aromatic heterocycles. The quantitative estimate of drug-likeness (QED) is 0.428. The lowest BCUT2D eigenvalue weighted by atomic mass is 9.88. The maximum Gasteiger partial charge on any atom is 0.142 e. The van der Waals surface area contributed by atoms with Gasteiger partial charge in [-0.05, 0) is 48.1 Å². The first-order chi connectivity index (χ1) is 11.6. The monoisotopic (exact) mass is 348 g/mol. The zero-order valence-corrected chi connectivity index (χ0v) is 15.5. The molecule has 3 nitrogen and oxygen atoms in total. The minimum atomic E-state index is 0.454. The van der Waals surface area contributed by atoms with Crippen LogP contribution in [0.25, 0.3) is 11.8 Å². The van der Waals surface area contributed by atoms with Crippen LogP contribution < -0.4 is 0 Å². The maximum absolute atomic E-state index is 10.4. The molecule has 0 radical (unpaired) electrons. The van der Waals surface area contributed by atoms with Crippen LogP contribution >= 0.6 is 11.6 Å². The third-order valence-electron chi connectivity index (χ3n) is 3.67. The van der Waals surface area contributed by atoms with Crippen molar-refractivity contribution in [3.05, 3.63) is 58.1 Å². The van der Waals surface area contributed by atoms with Gasteiger partial charge in [0.2, 0.25) is 0 Å². The summed E-state index contributed by atoms with van der Waals surface area (Å²) >= 11 is 6.39. The number of benzene rings is 1. The third kappa shape index (κ3) is 5.66. The molecule has 0 aliphatic heterocycles. The largest absolute Gasteiger partial charge is 0.496 e. The summed E-state index contributed by atoms with van der Waals surface area (Å²) < 4.78 is 9.87. The predicted octanol–water partition coefficient (Wildman–Crippen LogP) is 5.16. The average molecular weight is 349 g/mol. The highest BCUT2D eigenvalue weighted by Crippen LogP contribution is 2.34. The van der Waals surface area contributed by atoms with Crippen LogP contribution in [0.2, 0.25) is 5.02 Å². The molecule has 0 bridgehead atoms. The summed E-state index contributed by atoms with van der Waals surface area (Å²) in [6.07, 6.45) is 10.4. The highest BCUT2D eigenvalue weighted by molar-refractivity contribution is 6.32. The zero-order chi connectivity index (χ0) is 17.9. The summed E-state index contributed by atoms with van der Waals surface area (Å²) in [4.78, 5) is 10.4. The molecule has 1 atom stereocenters. The van der Waals surface area contributed by atoms with Gasteiger partial charge in [0.15, 0.2) is 0 Å². The first kappa shape index (κ1) is 20.2. The van der Waals surface area contributed by atoms with Gasteiger partial charge in [-0.25, -0.2) is 0 Å². The van der Waals surface area contributed by atoms with Gasteiger partial charge >= 0.3 is 0 Å². The Hall–Kier alpha value is -1.84. The predicted molar refractivity (Wildman–Crippen MR) is 101 cm³/mol. The van der Waals surface area contributed by atoms with Gasteiger partial charge in [-0.15, -0.1) is 0 Å². The van der Waals surface area contributed by atoms with Gasteiger partial charge in [-0.3, -0.25) is 4.79 Å². The molecule has 24 heavy (non-hydrogen) atoms. The van der Waals surface area contributed by atoms with Crippen molar-refractivity contribution in [2.45, 2.75) is 19.8 Å². The molecule has 1 aliphatic rings. The number of methoxy groups -OCH3 is 2. The molecule has 1 aliphatic carbocycles. The molecule has 0 spiro atoms. The van der Waals surface area contributed by atoms with Crippen LogP contribution in [-0.4, -0.2) is 27.6 Å². The fraction of sp³-hybridized carbons (Fsp3) is 0.350. The van der Waals surface area contributed by atoms with Crippen LogP contribution in [0.1, 0.15) is 30.9 Å². The Morgan fingerprint density at radius 2 is 2.00 bits per heavy atom. The second kappa shape index (κ2) is 10.8. The molecule has 0 fully saturated rings. The molecule has 2 rings (SSSR count). The van der Waals surface area contributed by atoms with E-state index in [-0.39, 0.29) is 0 Å². The normalized spacial score (nSPS) is 18.8. The fourth-order valence-electron chi connectivity index (χ4n) is 2.53. The number of hydrogen-bond acceptors (Lipinski definition) is 3. The summed E-state index contributed by atoms with van der Waals surface area (Å²) in [5.41, 5.74) is 2.96. The number of hydrogen-bond donors (Lipinski definition) is 0. The van der Waals surface area contributed by atoms with Crippen molar-refractivity contribution in [1.29, 1.82) is 0 Å². The van der Waals surface area contributed by atoms with E-state index in [1.165, 1.54) is 11.6 Å². The summed E-state index contributed by atoms with van der Waals surface area (Å²) in [7, 11) is 4.92. The van der Waals surface area contributed by atoms with Gasteiger partial charge < -0.3 is 9.47 Å². The van der Waals surface area contributed by atoms with Gasteiger partial charge in [0.25, 0.3) is 0 Å². The number of rotatable bonds is 4. The van der Waals surface area contributed by atoms with E-state index in [1.807, 2.05) is 18.2 Å². The second-order valence-electron chi connectivity index (χ2n) is 5.51. The van der Waals surface area contributed by atoms with Gasteiger partial charge in [-0.2, -0.15) is 0 Å². The zero-order valence-electron chi connectivity index (χ0n) is 14.7. The second-order valence-corrected chi connectivity index (χ2v) is 5.92. The molecule has 1 aromatic rings.